The van der Waals surface area contributed by atoms with Crippen molar-refractivity contribution in [3.05, 3.63) is 36.3 Å². The first-order valence-electron chi connectivity index (χ1n) is 8.94. The number of benzene rings is 1. The lowest BCUT2D eigenvalue weighted by atomic mass is 10.2. The minimum Gasteiger partial charge on any atom is -0.454 e. The van der Waals surface area contributed by atoms with Crippen molar-refractivity contribution in [3.63, 3.8) is 0 Å². The molecule has 0 spiro atoms. The van der Waals surface area contributed by atoms with Gasteiger partial charge < -0.3 is 24.7 Å². The maximum atomic E-state index is 12.6. The molecule has 28 heavy (non-hydrogen) atoms. The van der Waals surface area contributed by atoms with Gasteiger partial charge in [0.2, 0.25) is 6.79 Å². The predicted octanol–water partition coefficient (Wildman–Crippen LogP) is 0.745. The van der Waals surface area contributed by atoms with Crippen molar-refractivity contribution < 1.29 is 22.7 Å². The van der Waals surface area contributed by atoms with Crippen molar-refractivity contribution in [2.45, 2.75) is 18.0 Å². The van der Waals surface area contributed by atoms with Gasteiger partial charge in [-0.15, -0.1) is 0 Å². The van der Waals surface area contributed by atoms with Gasteiger partial charge >= 0.3 is 6.03 Å². The normalized spacial score (nSPS) is 17.4. The molecule has 1 fully saturated rings. The van der Waals surface area contributed by atoms with Crippen LogP contribution in [0.5, 0.6) is 11.5 Å². The molecule has 150 valence electrons. The molecule has 2 N–H and O–H groups in total. The van der Waals surface area contributed by atoms with Crippen molar-refractivity contribution in [2.24, 2.45) is 0 Å². The zero-order valence-electron chi connectivity index (χ0n) is 15.1. The van der Waals surface area contributed by atoms with Gasteiger partial charge in [0.25, 0.3) is 10.0 Å². The molecule has 0 radical (unpaired) electrons. The van der Waals surface area contributed by atoms with Gasteiger partial charge in [0.1, 0.15) is 0 Å². The van der Waals surface area contributed by atoms with Crippen LogP contribution in [0.4, 0.5) is 4.79 Å². The molecule has 0 unspecified atom stereocenters. The Morgan fingerprint density at radius 2 is 2.04 bits per heavy atom. The molecule has 10 nitrogen and oxygen atoms in total. The number of carbonyl (C=O) groups is 1. The molecule has 2 aromatic rings. The number of amides is 2. The lowest BCUT2D eigenvalue weighted by Gasteiger charge is -2.22. The van der Waals surface area contributed by atoms with E-state index in [2.05, 4.69) is 15.3 Å². The van der Waals surface area contributed by atoms with E-state index < -0.39 is 10.0 Å². The van der Waals surface area contributed by atoms with Crippen LogP contribution >= 0.6 is 0 Å². The summed E-state index contributed by atoms with van der Waals surface area (Å²) in [5, 5.41) is 2.94. The fourth-order valence-electron chi connectivity index (χ4n) is 3.20. The van der Waals surface area contributed by atoms with E-state index in [4.69, 9.17) is 9.47 Å². The van der Waals surface area contributed by atoms with Crippen LogP contribution < -0.4 is 14.8 Å². The number of fused-ring (bicyclic) bond motifs is 1. The first kappa shape index (κ1) is 18.6. The molecule has 1 aromatic heterocycles. The maximum absolute atomic E-state index is 12.6. The van der Waals surface area contributed by atoms with Crippen molar-refractivity contribution >= 4 is 16.1 Å². The Morgan fingerprint density at radius 1 is 1.18 bits per heavy atom. The molecule has 11 heteroatoms. The number of imidazole rings is 1. The average molecular weight is 407 g/mol. The molecule has 3 heterocycles. The minimum atomic E-state index is -3.62. The van der Waals surface area contributed by atoms with E-state index in [-0.39, 0.29) is 24.4 Å². The third kappa shape index (κ3) is 3.76. The molecule has 0 saturated carbocycles. The summed E-state index contributed by atoms with van der Waals surface area (Å²) < 4.78 is 37.2. The van der Waals surface area contributed by atoms with E-state index in [9.17, 15) is 13.2 Å². The van der Waals surface area contributed by atoms with Crippen molar-refractivity contribution in [3.8, 4) is 11.5 Å². The number of urea groups is 1. The van der Waals surface area contributed by atoms with Gasteiger partial charge in [-0.2, -0.15) is 4.31 Å². The quantitative estimate of drug-likeness (QED) is 0.772. The molecule has 2 aliphatic rings. The fourth-order valence-corrected chi connectivity index (χ4v) is 4.57. The second kappa shape index (κ2) is 7.68. The first-order valence-corrected chi connectivity index (χ1v) is 10.4. The van der Waals surface area contributed by atoms with Gasteiger partial charge in [0.05, 0.1) is 12.5 Å². The van der Waals surface area contributed by atoms with Gasteiger partial charge in [0, 0.05) is 32.7 Å². The van der Waals surface area contributed by atoms with Crippen molar-refractivity contribution in [1.29, 1.82) is 0 Å². The maximum Gasteiger partial charge on any atom is 0.317 e. The molecule has 0 atom stereocenters. The third-order valence-corrected chi connectivity index (χ3v) is 6.54. The number of carbonyl (C=O) groups excluding carboxylic acids is 1. The number of rotatable bonds is 4. The van der Waals surface area contributed by atoms with Crippen LogP contribution in [-0.4, -0.2) is 66.6 Å². The Labute approximate surface area is 162 Å². The second-order valence-electron chi connectivity index (χ2n) is 6.51. The Hall–Kier alpha value is -2.79. The summed E-state index contributed by atoms with van der Waals surface area (Å²) in [6.07, 6.45) is 3.18. The van der Waals surface area contributed by atoms with Crippen LogP contribution in [0.1, 0.15) is 12.0 Å². The van der Waals surface area contributed by atoms with Crippen LogP contribution in [0.15, 0.2) is 35.7 Å². The van der Waals surface area contributed by atoms with E-state index in [0.717, 1.165) is 5.56 Å². The molecule has 0 aliphatic carbocycles. The number of hydrogen-bond acceptors (Lipinski definition) is 6. The average Bonchev–Trinajstić information content (AvgIpc) is 3.33. The number of nitrogens with one attached hydrogen (secondary N) is 2. The number of hydrogen-bond donors (Lipinski definition) is 2. The lowest BCUT2D eigenvalue weighted by molar-refractivity contribution is 0.174. The number of sulfonamides is 1. The molecular weight excluding hydrogens is 386 g/mol. The Morgan fingerprint density at radius 3 is 2.86 bits per heavy atom. The predicted molar refractivity (Wildman–Crippen MR) is 98.3 cm³/mol. The summed E-state index contributed by atoms with van der Waals surface area (Å²) in [7, 11) is -3.62. The summed E-state index contributed by atoms with van der Waals surface area (Å²) >= 11 is 0. The highest BCUT2D eigenvalue weighted by molar-refractivity contribution is 7.89. The fraction of sp³-hybridized carbons (Fsp3) is 0.412. The van der Waals surface area contributed by atoms with Gasteiger partial charge in [0.15, 0.2) is 16.5 Å². The van der Waals surface area contributed by atoms with Gasteiger partial charge in [-0.05, 0) is 24.1 Å². The monoisotopic (exact) mass is 407 g/mol. The summed E-state index contributed by atoms with van der Waals surface area (Å²) in [6.45, 7) is 1.95. The number of H-pyrrole nitrogens is 1. The molecule has 1 aromatic carbocycles. The topological polar surface area (TPSA) is 117 Å². The van der Waals surface area contributed by atoms with E-state index in [1.54, 1.807) is 4.90 Å². The van der Waals surface area contributed by atoms with Crippen LogP contribution in [0, 0.1) is 0 Å². The SMILES string of the molecule is O=C(NCc1ccc2c(c1)OCO2)N1CCCN(S(=O)(=O)c2cnc[nH]2)CC1. The van der Waals surface area contributed by atoms with Crippen molar-refractivity contribution in [1.82, 2.24) is 24.5 Å². The highest BCUT2D eigenvalue weighted by Gasteiger charge is 2.29. The summed E-state index contributed by atoms with van der Waals surface area (Å²) in [5.41, 5.74) is 0.899. The smallest absolute Gasteiger partial charge is 0.317 e. The lowest BCUT2D eigenvalue weighted by Crippen LogP contribution is -2.42. The molecule has 0 bridgehead atoms. The van der Waals surface area contributed by atoms with E-state index in [1.807, 2.05) is 18.2 Å². The molecule has 2 amide bonds. The second-order valence-corrected chi connectivity index (χ2v) is 8.41. The Balaban J connectivity index is 1.33. The minimum absolute atomic E-state index is 0.0632. The van der Waals surface area contributed by atoms with Crippen LogP contribution in [0.2, 0.25) is 0 Å². The summed E-state index contributed by atoms with van der Waals surface area (Å²) in [6, 6.07) is 5.30. The molecule has 4 rings (SSSR count). The number of aromatic amines is 1. The number of aromatic nitrogens is 2. The van der Waals surface area contributed by atoms with E-state index in [0.29, 0.717) is 44.1 Å². The van der Waals surface area contributed by atoms with Gasteiger partial charge in [-0.1, -0.05) is 6.07 Å². The molecule has 2 aliphatic heterocycles. The van der Waals surface area contributed by atoms with E-state index >= 15 is 0 Å². The number of ether oxygens (including phenoxy) is 2. The Kier molecular flexibility index (Phi) is 5.09. The van der Waals surface area contributed by atoms with E-state index in [1.165, 1.54) is 16.8 Å². The van der Waals surface area contributed by atoms with Gasteiger partial charge in [-0.3, -0.25) is 0 Å². The zero-order valence-corrected chi connectivity index (χ0v) is 15.9. The summed E-state index contributed by atoms with van der Waals surface area (Å²) in [5.74, 6) is 1.36. The standard InChI is InChI=1S/C17H21N5O5S/c23-17(19-9-13-2-3-14-15(8-13)27-12-26-14)21-4-1-5-22(7-6-21)28(24,25)16-10-18-11-20-16/h2-3,8,10-11H,1,4-7,9,12H2,(H,18,20)(H,19,23). The molecular formula is C17H21N5O5S. The third-order valence-electron chi connectivity index (χ3n) is 4.71. The van der Waals surface area contributed by atoms with Crippen LogP contribution in [-0.2, 0) is 16.6 Å². The number of nitrogens with zero attached hydrogens (tertiary/aromatic N) is 3. The van der Waals surface area contributed by atoms with Crippen molar-refractivity contribution in [2.75, 3.05) is 33.0 Å². The Bertz CT molecular complexity index is 947. The largest absolute Gasteiger partial charge is 0.454 e. The van der Waals surface area contributed by atoms with Gasteiger partial charge in [-0.25, -0.2) is 18.2 Å². The highest BCUT2D eigenvalue weighted by atomic mass is 32.2. The highest BCUT2D eigenvalue weighted by Crippen LogP contribution is 2.32. The zero-order chi connectivity index (χ0) is 19.6. The first-order chi connectivity index (χ1) is 13.5. The summed E-state index contributed by atoms with van der Waals surface area (Å²) in [4.78, 5) is 20.6. The van der Waals surface area contributed by atoms with Crippen LogP contribution in [0.3, 0.4) is 0 Å². The van der Waals surface area contributed by atoms with Crippen LogP contribution in [0.25, 0.3) is 0 Å². The molecule has 1 saturated heterocycles.